The van der Waals surface area contributed by atoms with Crippen LogP contribution in [0.5, 0.6) is 0 Å². The smallest absolute Gasteiger partial charge is 0.355 e. The number of carbonyl (C=O) groups is 1. The third-order valence-electron chi connectivity index (χ3n) is 4.04. The van der Waals surface area contributed by atoms with Crippen molar-refractivity contribution in [2.45, 2.75) is 60.5 Å². The number of aromatic amines is 1. The molecule has 0 aromatic carbocycles. The summed E-state index contributed by atoms with van der Waals surface area (Å²) in [6, 6.07) is 0. The highest BCUT2D eigenvalue weighted by atomic mass is 16.6. The molecule has 0 bridgehead atoms. The average molecular weight is 317 g/mol. The van der Waals surface area contributed by atoms with E-state index in [1.54, 1.807) is 0 Å². The topological polar surface area (TPSA) is 51.3 Å². The fourth-order valence-electron chi connectivity index (χ4n) is 2.65. The summed E-state index contributed by atoms with van der Waals surface area (Å²) in [5.41, 5.74) is 2.69. The summed E-state index contributed by atoms with van der Waals surface area (Å²) in [6.45, 7) is 17.6. The number of ether oxygens (including phenoxy) is 2. The molecule has 0 aliphatic carbocycles. The lowest BCUT2D eigenvalue weighted by Crippen LogP contribution is -2.24. The van der Waals surface area contributed by atoms with Crippen molar-refractivity contribution in [2.75, 3.05) is 0 Å². The number of nitrogens with one attached hydrogen (secondary N) is 1. The number of hydrogen-bond acceptors (Lipinski definition) is 3. The van der Waals surface area contributed by atoms with E-state index in [0.29, 0.717) is 5.69 Å². The van der Waals surface area contributed by atoms with Gasteiger partial charge in [-0.1, -0.05) is 20.4 Å². The van der Waals surface area contributed by atoms with Crippen LogP contribution in [0.3, 0.4) is 0 Å². The highest BCUT2D eigenvalue weighted by Gasteiger charge is 2.34. The zero-order valence-corrected chi connectivity index (χ0v) is 15.2. The van der Waals surface area contributed by atoms with E-state index >= 15 is 0 Å². The first-order valence-electron chi connectivity index (χ1n) is 7.91. The van der Waals surface area contributed by atoms with Crippen molar-refractivity contribution in [3.05, 3.63) is 40.6 Å². The molecule has 0 radical (unpaired) electrons. The van der Waals surface area contributed by atoms with Crippen LogP contribution in [0.4, 0.5) is 0 Å². The molecular weight excluding hydrogens is 290 g/mol. The Bertz CT molecular complexity index is 684. The van der Waals surface area contributed by atoms with Crippen LogP contribution in [0.15, 0.2) is 18.1 Å². The molecule has 2 heterocycles. The largest absolute Gasteiger partial charge is 0.466 e. The van der Waals surface area contributed by atoms with Gasteiger partial charge in [0, 0.05) is 23.6 Å². The van der Waals surface area contributed by atoms with E-state index in [0.717, 1.165) is 34.8 Å². The first kappa shape index (κ1) is 17.4. The van der Waals surface area contributed by atoms with Crippen LogP contribution in [0, 0.1) is 19.3 Å². The van der Waals surface area contributed by atoms with Gasteiger partial charge in [0.05, 0.1) is 5.76 Å². The van der Waals surface area contributed by atoms with E-state index in [4.69, 9.17) is 9.47 Å². The van der Waals surface area contributed by atoms with Crippen molar-refractivity contribution in [1.82, 2.24) is 4.98 Å². The number of esters is 1. The lowest BCUT2D eigenvalue weighted by atomic mass is 9.88. The fourth-order valence-corrected chi connectivity index (χ4v) is 2.65. The maximum atomic E-state index is 12.3. The first-order valence-corrected chi connectivity index (χ1v) is 7.91. The molecule has 0 saturated carbocycles. The molecule has 0 spiro atoms. The van der Waals surface area contributed by atoms with Gasteiger partial charge in [-0.2, -0.15) is 0 Å². The van der Waals surface area contributed by atoms with Crippen LogP contribution >= 0.6 is 0 Å². The van der Waals surface area contributed by atoms with Crippen LogP contribution < -0.4 is 0 Å². The number of rotatable bonds is 2. The van der Waals surface area contributed by atoms with Gasteiger partial charge < -0.3 is 14.5 Å². The van der Waals surface area contributed by atoms with Crippen LogP contribution in [0.25, 0.3) is 6.08 Å². The van der Waals surface area contributed by atoms with E-state index in [-0.39, 0.29) is 11.4 Å². The van der Waals surface area contributed by atoms with Crippen molar-refractivity contribution in [1.29, 1.82) is 0 Å². The van der Waals surface area contributed by atoms with Gasteiger partial charge in [-0.15, -0.1) is 0 Å². The van der Waals surface area contributed by atoms with Gasteiger partial charge >= 0.3 is 5.97 Å². The summed E-state index contributed by atoms with van der Waals surface area (Å²) in [7, 11) is 0. The summed E-state index contributed by atoms with van der Waals surface area (Å²) in [6.07, 6.45) is 2.77. The van der Waals surface area contributed by atoms with Crippen molar-refractivity contribution in [3.63, 3.8) is 0 Å². The van der Waals surface area contributed by atoms with Crippen LogP contribution in [-0.4, -0.2) is 16.6 Å². The molecule has 1 N–H and O–H groups in total. The average Bonchev–Trinajstić information content (AvgIpc) is 2.77. The highest BCUT2D eigenvalue weighted by molar-refractivity contribution is 5.90. The van der Waals surface area contributed by atoms with Crippen molar-refractivity contribution < 1.29 is 14.3 Å². The maximum Gasteiger partial charge on any atom is 0.355 e. The minimum Gasteiger partial charge on any atom is -0.466 e. The second kappa shape index (κ2) is 5.59. The molecule has 126 valence electrons. The Balaban J connectivity index is 2.38. The summed E-state index contributed by atoms with van der Waals surface area (Å²) in [5.74, 6) is 1.30. The first-order chi connectivity index (χ1) is 10.4. The lowest BCUT2D eigenvalue weighted by molar-refractivity contribution is 0.00627. The van der Waals surface area contributed by atoms with Crippen molar-refractivity contribution in [3.8, 4) is 0 Å². The van der Waals surface area contributed by atoms with Gasteiger partial charge in [0.25, 0.3) is 0 Å². The normalized spacial score (nSPS) is 19.1. The molecule has 1 aliphatic rings. The zero-order chi connectivity index (χ0) is 17.6. The molecule has 1 aromatic rings. The van der Waals surface area contributed by atoms with E-state index in [1.807, 2.05) is 40.7 Å². The monoisotopic (exact) mass is 317 g/mol. The highest BCUT2D eigenvalue weighted by Crippen LogP contribution is 2.43. The number of aromatic nitrogens is 1. The molecule has 0 atom stereocenters. The minimum absolute atomic E-state index is 0.0887. The van der Waals surface area contributed by atoms with Gasteiger partial charge in [0.2, 0.25) is 0 Å². The number of H-pyrrole nitrogens is 1. The molecule has 1 fully saturated rings. The Kier molecular flexibility index (Phi) is 4.22. The predicted octanol–water partition coefficient (Wildman–Crippen LogP) is 4.89. The van der Waals surface area contributed by atoms with Crippen molar-refractivity contribution in [2.24, 2.45) is 5.41 Å². The molecule has 23 heavy (non-hydrogen) atoms. The number of allylic oxidation sites excluding steroid dienone is 2. The van der Waals surface area contributed by atoms with Crippen molar-refractivity contribution >= 4 is 12.0 Å². The Hall–Kier alpha value is -1.97. The molecule has 1 saturated heterocycles. The molecule has 0 unspecified atom stereocenters. The third kappa shape index (κ3) is 3.69. The van der Waals surface area contributed by atoms with Gasteiger partial charge in [0.15, 0.2) is 0 Å². The Labute approximate surface area is 138 Å². The van der Waals surface area contributed by atoms with Crippen LogP contribution in [0.1, 0.15) is 68.3 Å². The maximum absolute atomic E-state index is 12.3. The SMILES string of the molecule is C=C1CC(C)(C)/C(=C\c2[nH]c(C(=O)OC(C)(C)C)c(C)c2C)O1. The molecule has 0 amide bonds. The summed E-state index contributed by atoms with van der Waals surface area (Å²) < 4.78 is 11.2. The van der Waals surface area contributed by atoms with E-state index < -0.39 is 5.60 Å². The predicted molar refractivity (Wildman–Crippen MR) is 92.0 cm³/mol. The van der Waals surface area contributed by atoms with Gasteiger partial charge in [-0.3, -0.25) is 0 Å². The standard InChI is InChI=1S/C19H27NO3/c1-11-10-19(7,8)15(22-11)9-14-12(2)13(3)16(20-14)17(21)23-18(4,5)6/h9,20H,1,10H2,2-8H3/b15-9+. The molecular formula is C19H27NO3. The number of hydrogen-bond donors (Lipinski definition) is 1. The quantitative estimate of drug-likeness (QED) is 0.790. The third-order valence-corrected chi connectivity index (χ3v) is 4.04. The van der Waals surface area contributed by atoms with Crippen LogP contribution in [0.2, 0.25) is 0 Å². The molecule has 2 rings (SSSR count). The molecule has 4 nitrogen and oxygen atoms in total. The fraction of sp³-hybridized carbons (Fsp3) is 0.526. The summed E-state index contributed by atoms with van der Waals surface area (Å²) in [5, 5.41) is 0. The van der Waals surface area contributed by atoms with E-state index in [1.165, 1.54) is 0 Å². The second-order valence-corrected chi connectivity index (χ2v) is 7.88. The van der Waals surface area contributed by atoms with E-state index in [2.05, 4.69) is 25.4 Å². The Morgan fingerprint density at radius 2 is 1.91 bits per heavy atom. The molecule has 1 aliphatic heterocycles. The van der Waals surface area contributed by atoms with Gasteiger partial charge in [-0.05, 0) is 45.7 Å². The van der Waals surface area contributed by atoms with Gasteiger partial charge in [0.1, 0.15) is 17.1 Å². The second-order valence-electron chi connectivity index (χ2n) is 7.88. The van der Waals surface area contributed by atoms with Crippen LogP contribution in [-0.2, 0) is 9.47 Å². The Morgan fingerprint density at radius 3 is 2.39 bits per heavy atom. The molecule has 4 heteroatoms. The lowest BCUT2D eigenvalue weighted by Gasteiger charge is -2.19. The Morgan fingerprint density at radius 1 is 1.30 bits per heavy atom. The molecule has 1 aromatic heterocycles. The number of carbonyl (C=O) groups excluding carboxylic acids is 1. The van der Waals surface area contributed by atoms with Gasteiger partial charge in [-0.25, -0.2) is 4.79 Å². The minimum atomic E-state index is -0.518. The van der Waals surface area contributed by atoms with E-state index in [9.17, 15) is 4.79 Å². The summed E-state index contributed by atoms with van der Waals surface area (Å²) in [4.78, 5) is 15.5. The zero-order valence-electron chi connectivity index (χ0n) is 15.2. The summed E-state index contributed by atoms with van der Waals surface area (Å²) >= 11 is 0.